The van der Waals surface area contributed by atoms with E-state index in [0.29, 0.717) is 10.8 Å². The van der Waals surface area contributed by atoms with Crippen LogP contribution < -0.4 is 10.6 Å². The molecule has 126 valence electrons. The van der Waals surface area contributed by atoms with Gasteiger partial charge in [0, 0.05) is 17.5 Å². The van der Waals surface area contributed by atoms with Crippen LogP contribution >= 0.6 is 11.3 Å². The van der Waals surface area contributed by atoms with Gasteiger partial charge in [0.1, 0.15) is 0 Å². The molecule has 0 radical (unpaired) electrons. The molecule has 0 saturated carbocycles. The van der Waals surface area contributed by atoms with E-state index in [9.17, 15) is 9.59 Å². The predicted octanol–water partition coefficient (Wildman–Crippen LogP) is 3.25. The molecule has 2 rings (SSSR count). The van der Waals surface area contributed by atoms with Crippen LogP contribution in [0.3, 0.4) is 0 Å². The second kappa shape index (κ2) is 8.98. The molecule has 0 aliphatic carbocycles. The molecule has 2 aromatic rings. The number of rotatable bonds is 7. The molecule has 5 nitrogen and oxygen atoms in total. The van der Waals surface area contributed by atoms with Crippen molar-refractivity contribution < 1.29 is 9.59 Å². The zero-order chi connectivity index (χ0) is 17.4. The minimum absolute atomic E-state index is 0.0588. The zero-order valence-corrected chi connectivity index (χ0v) is 14.6. The van der Waals surface area contributed by atoms with Crippen molar-refractivity contribution >= 4 is 34.4 Å². The summed E-state index contributed by atoms with van der Waals surface area (Å²) in [7, 11) is 0. The Bertz CT molecular complexity index is 710. The number of benzene rings is 1. The van der Waals surface area contributed by atoms with Crippen molar-refractivity contribution in [2.45, 2.75) is 32.7 Å². The maximum atomic E-state index is 11.9. The molecule has 0 aliphatic heterocycles. The molecule has 0 saturated heterocycles. The molecule has 1 unspecified atom stereocenters. The highest BCUT2D eigenvalue weighted by Gasteiger charge is 2.10. The van der Waals surface area contributed by atoms with E-state index in [-0.39, 0.29) is 24.3 Å². The van der Waals surface area contributed by atoms with Crippen LogP contribution in [0.15, 0.2) is 41.8 Å². The Morgan fingerprint density at radius 2 is 2.04 bits per heavy atom. The summed E-state index contributed by atoms with van der Waals surface area (Å²) >= 11 is 1.31. The lowest BCUT2D eigenvalue weighted by molar-refractivity contribution is -0.121. The molecule has 0 spiro atoms. The lowest BCUT2D eigenvalue weighted by Gasteiger charge is -2.10. The lowest BCUT2D eigenvalue weighted by atomic mass is 10.2. The Morgan fingerprint density at radius 3 is 2.75 bits per heavy atom. The van der Waals surface area contributed by atoms with Crippen LogP contribution in [0.1, 0.15) is 31.5 Å². The Balaban J connectivity index is 1.85. The van der Waals surface area contributed by atoms with Gasteiger partial charge in [-0.3, -0.25) is 14.9 Å². The fourth-order valence-corrected chi connectivity index (χ4v) is 2.63. The average Bonchev–Trinajstić information content (AvgIpc) is 3.00. The number of nitrogens with one attached hydrogen (secondary N) is 2. The fraction of sp³-hybridized carbons (Fsp3) is 0.278. The molecule has 2 amide bonds. The SMILES string of the molecule is CCC(C)NC(=O)Cc1csc(NC(=O)/C=C/c2ccccc2)n1. The second-order valence-corrected chi connectivity index (χ2v) is 6.29. The first-order chi connectivity index (χ1) is 11.6. The summed E-state index contributed by atoms with van der Waals surface area (Å²) < 4.78 is 0. The Hall–Kier alpha value is -2.47. The van der Waals surface area contributed by atoms with Crippen LogP contribution in [0.4, 0.5) is 5.13 Å². The van der Waals surface area contributed by atoms with Crippen molar-refractivity contribution in [1.82, 2.24) is 10.3 Å². The van der Waals surface area contributed by atoms with Gasteiger partial charge in [-0.1, -0.05) is 37.3 Å². The van der Waals surface area contributed by atoms with E-state index in [4.69, 9.17) is 0 Å². The highest BCUT2D eigenvalue weighted by molar-refractivity contribution is 7.14. The molecule has 1 aromatic heterocycles. The number of hydrogen-bond acceptors (Lipinski definition) is 4. The number of nitrogens with zero attached hydrogens (tertiary/aromatic N) is 1. The Morgan fingerprint density at radius 1 is 1.29 bits per heavy atom. The third kappa shape index (κ3) is 5.96. The number of thiazole rings is 1. The highest BCUT2D eigenvalue weighted by Crippen LogP contribution is 2.16. The summed E-state index contributed by atoms with van der Waals surface area (Å²) in [5, 5.41) is 7.88. The van der Waals surface area contributed by atoms with Crippen LogP contribution in [-0.4, -0.2) is 22.8 Å². The van der Waals surface area contributed by atoms with Crippen molar-refractivity contribution in [2.75, 3.05) is 5.32 Å². The van der Waals surface area contributed by atoms with Crippen LogP contribution in [-0.2, 0) is 16.0 Å². The third-order valence-electron chi connectivity index (χ3n) is 3.37. The fourth-order valence-electron chi connectivity index (χ4n) is 1.92. The van der Waals surface area contributed by atoms with E-state index >= 15 is 0 Å². The van der Waals surface area contributed by atoms with Gasteiger partial charge in [-0.25, -0.2) is 4.98 Å². The normalized spacial score (nSPS) is 12.1. The van der Waals surface area contributed by atoms with Gasteiger partial charge in [0.25, 0.3) is 0 Å². The first kappa shape index (κ1) is 17.9. The number of carbonyl (C=O) groups excluding carboxylic acids is 2. The first-order valence-corrected chi connectivity index (χ1v) is 8.72. The van der Waals surface area contributed by atoms with Crippen molar-refractivity contribution in [1.29, 1.82) is 0 Å². The molecular weight excluding hydrogens is 322 g/mol. The molecule has 0 fully saturated rings. The standard InChI is InChI=1S/C18H21N3O2S/c1-3-13(2)19-17(23)11-15-12-24-18(20-15)21-16(22)10-9-14-7-5-4-6-8-14/h4-10,12-13H,3,11H2,1-2H3,(H,19,23)(H,20,21,22)/b10-9+. The summed E-state index contributed by atoms with van der Waals surface area (Å²) in [4.78, 5) is 28.0. The van der Waals surface area contributed by atoms with Crippen LogP contribution in [0.5, 0.6) is 0 Å². The van der Waals surface area contributed by atoms with E-state index < -0.39 is 0 Å². The molecule has 0 bridgehead atoms. The molecule has 0 aliphatic rings. The van der Waals surface area contributed by atoms with Crippen molar-refractivity contribution in [2.24, 2.45) is 0 Å². The predicted molar refractivity (Wildman–Crippen MR) is 97.8 cm³/mol. The van der Waals surface area contributed by atoms with Gasteiger partial charge >= 0.3 is 0 Å². The van der Waals surface area contributed by atoms with E-state index in [0.717, 1.165) is 12.0 Å². The van der Waals surface area contributed by atoms with Gasteiger partial charge < -0.3 is 5.32 Å². The summed E-state index contributed by atoms with van der Waals surface area (Å²) in [6.07, 6.45) is 4.31. The molecule has 1 heterocycles. The van der Waals surface area contributed by atoms with Gasteiger partial charge in [0.15, 0.2) is 5.13 Å². The van der Waals surface area contributed by atoms with Gasteiger partial charge in [0.2, 0.25) is 11.8 Å². The van der Waals surface area contributed by atoms with Gasteiger partial charge in [-0.2, -0.15) is 0 Å². The summed E-state index contributed by atoms with van der Waals surface area (Å²) in [6.45, 7) is 3.98. The first-order valence-electron chi connectivity index (χ1n) is 7.84. The maximum absolute atomic E-state index is 11.9. The van der Waals surface area contributed by atoms with Crippen LogP contribution in [0, 0.1) is 0 Å². The minimum atomic E-state index is -0.246. The van der Waals surface area contributed by atoms with Gasteiger partial charge in [-0.15, -0.1) is 11.3 Å². The number of anilines is 1. The summed E-state index contributed by atoms with van der Waals surface area (Å²) in [5.74, 6) is -0.305. The monoisotopic (exact) mass is 343 g/mol. The molecule has 1 atom stereocenters. The number of aromatic nitrogens is 1. The molecule has 6 heteroatoms. The Kier molecular flexibility index (Phi) is 6.69. The third-order valence-corrected chi connectivity index (χ3v) is 4.18. The molecule has 24 heavy (non-hydrogen) atoms. The molecule has 2 N–H and O–H groups in total. The average molecular weight is 343 g/mol. The van der Waals surface area contributed by atoms with Crippen LogP contribution in [0.2, 0.25) is 0 Å². The van der Waals surface area contributed by atoms with Crippen LogP contribution in [0.25, 0.3) is 6.08 Å². The minimum Gasteiger partial charge on any atom is -0.353 e. The number of carbonyl (C=O) groups is 2. The smallest absolute Gasteiger partial charge is 0.250 e. The lowest BCUT2D eigenvalue weighted by Crippen LogP contribution is -2.33. The number of hydrogen-bond donors (Lipinski definition) is 2. The molecule has 1 aromatic carbocycles. The maximum Gasteiger partial charge on any atom is 0.250 e. The second-order valence-electron chi connectivity index (χ2n) is 5.43. The van der Waals surface area contributed by atoms with E-state index in [1.165, 1.54) is 17.4 Å². The number of amides is 2. The van der Waals surface area contributed by atoms with Crippen molar-refractivity contribution in [3.05, 3.63) is 53.0 Å². The zero-order valence-electron chi connectivity index (χ0n) is 13.8. The Labute approximate surface area is 145 Å². The quantitative estimate of drug-likeness (QED) is 0.758. The van der Waals surface area contributed by atoms with Gasteiger partial charge in [-0.05, 0) is 25.0 Å². The highest BCUT2D eigenvalue weighted by atomic mass is 32.1. The van der Waals surface area contributed by atoms with Gasteiger partial charge in [0.05, 0.1) is 12.1 Å². The van der Waals surface area contributed by atoms with E-state index in [1.807, 2.05) is 44.2 Å². The van der Waals surface area contributed by atoms with E-state index in [2.05, 4.69) is 15.6 Å². The van der Waals surface area contributed by atoms with Crippen molar-refractivity contribution in [3.63, 3.8) is 0 Å². The largest absolute Gasteiger partial charge is 0.353 e. The van der Waals surface area contributed by atoms with E-state index in [1.54, 1.807) is 11.5 Å². The summed E-state index contributed by atoms with van der Waals surface area (Å²) in [6, 6.07) is 9.73. The van der Waals surface area contributed by atoms with Crippen molar-refractivity contribution in [3.8, 4) is 0 Å². The molecular formula is C18H21N3O2S. The topological polar surface area (TPSA) is 71.1 Å². The summed E-state index contributed by atoms with van der Waals surface area (Å²) in [5.41, 5.74) is 1.61.